The first-order valence-corrected chi connectivity index (χ1v) is 4.30. The highest BCUT2D eigenvalue weighted by atomic mass is 16.5. The van der Waals surface area contributed by atoms with Crippen LogP contribution in [0.25, 0.3) is 0 Å². The normalized spacial score (nSPS) is 10.7. The zero-order chi connectivity index (χ0) is 10.6. The molecule has 0 radical (unpaired) electrons. The van der Waals surface area contributed by atoms with Gasteiger partial charge in [-0.25, -0.2) is 4.98 Å². The SMILES string of the molecule is CC(C)(N)COc1cccc(C#N)n1. The van der Waals surface area contributed by atoms with E-state index in [0.29, 0.717) is 18.2 Å². The van der Waals surface area contributed by atoms with Crippen LogP contribution < -0.4 is 10.5 Å². The van der Waals surface area contributed by atoms with E-state index in [1.165, 1.54) is 0 Å². The first-order valence-electron chi connectivity index (χ1n) is 4.30. The van der Waals surface area contributed by atoms with Gasteiger partial charge in [-0.05, 0) is 19.9 Å². The minimum absolute atomic E-state index is 0.345. The molecule has 0 aliphatic rings. The average Bonchev–Trinajstić information content (AvgIpc) is 2.14. The summed E-state index contributed by atoms with van der Waals surface area (Å²) in [6.45, 7) is 4.09. The zero-order valence-corrected chi connectivity index (χ0v) is 8.32. The molecule has 1 rings (SSSR count). The molecule has 1 heterocycles. The summed E-state index contributed by atoms with van der Waals surface area (Å²) in [6.07, 6.45) is 0. The van der Waals surface area contributed by atoms with Crippen LogP contribution in [0.1, 0.15) is 19.5 Å². The molecule has 0 unspecified atom stereocenters. The van der Waals surface area contributed by atoms with E-state index in [1.54, 1.807) is 18.2 Å². The van der Waals surface area contributed by atoms with Gasteiger partial charge in [0.15, 0.2) is 0 Å². The summed E-state index contributed by atoms with van der Waals surface area (Å²) in [5.41, 5.74) is 5.68. The summed E-state index contributed by atoms with van der Waals surface area (Å²) < 4.78 is 5.33. The summed E-state index contributed by atoms with van der Waals surface area (Å²) in [7, 11) is 0. The van der Waals surface area contributed by atoms with Crippen molar-refractivity contribution in [3.63, 3.8) is 0 Å². The highest BCUT2D eigenvalue weighted by Crippen LogP contribution is 2.08. The zero-order valence-electron chi connectivity index (χ0n) is 8.32. The second kappa shape index (κ2) is 4.07. The maximum atomic E-state index is 8.60. The predicted octanol–water partition coefficient (Wildman–Crippen LogP) is 1.07. The average molecular weight is 191 g/mol. The topological polar surface area (TPSA) is 71.9 Å². The summed E-state index contributed by atoms with van der Waals surface area (Å²) in [5, 5.41) is 8.60. The fourth-order valence-corrected chi connectivity index (χ4v) is 0.817. The van der Waals surface area contributed by atoms with Crippen LogP contribution in [0.4, 0.5) is 0 Å². The van der Waals surface area contributed by atoms with Crippen LogP contribution in [0, 0.1) is 11.3 Å². The second-order valence-electron chi connectivity index (χ2n) is 3.75. The molecule has 2 N–H and O–H groups in total. The monoisotopic (exact) mass is 191 g/mol. The first-order chi connectivity index (χ1) is 6.51. The Morgan fingerprint density at radius 2 is 2.29 bits per heavy atom. The number of ether oxygens (including phenoxy) is 1. The van der Waals surface area contributed by atoms with Gasteiger partial charge in [-0.1, -0.05) is 6.07 Å². The van der Waals surface area contributed by atoms with Gasteiger partial charge in [-0.3, -0.25) is 0 Å². The number of nitriles is 1. The Kier molecular flexibility index (Phi) is 3.05. The van der Waals surface area contributed by atoms with E-state index >= 15 is 0 Å². The number of hydrogen-bond acceptors (Lipinski definition) is 4. The second-order valence-corrected chi connectivity index (χ2v) is 3.75. The smallest absolute Gasteiger partial charge is 0.214 e. The third-order valence-electron chi connectivity index (χ3n) is 1.43. The van der Waals surface area contributed by atoms with Crippen molar-refractivity contribution < 1.29 is 4.74 Å². The summed E-state index contributed by atoms with van der Waals surface area (Å²) in [5.74, 6) is 0.433. The molecule has 1 aromatic rings. The van der Waals surface area contributed by atoms with Gasteiger partial charge >= 0.3 is 0 Å². The van der Waals surface area contributed by atoms with E-state index in [-0.39, 0.29) is 0 Å². The summed E-state index contributed by atoms with van der Waals surface area (Å²) >= 11 is 0. The molecular formula is C10H13N3O. The quantitative estimate of drug-likeness (QED) is 0.775. The highest BCUT2D eigenvalue weighted by molar-refractivity contribution is 5.24. The predicted molar refractivity (Wildman–Crippen MR) is 52.7 cm³/mol. The molecular weight excluding hydrogens is 178 g/mol. The van der Waals surface area contributed by atoms with Crippen molar-refractivity contribution in [2.45, 2.75) is 19.4 Å². The number of nitrogens with zero attached hydrogens (tertiary/aromatic N) is 2. The van der Waals surface area contributed by atoms with Gasteiger partial charge in [-0.2, -0.15) is 5.26 Å². The van der Waals surface area contributed by atoms with Crippen LogP contribution in [-0.4, -0.2) is 17.1 Å². The van der Waals surface area contributed by atoms with E-state index in [4.69, 9.17) is 15.7 Å². The molecule has 1 aromatic heterocycles. The molecule has 74 valence electrons. The van der Waals surface area contributed by atoms with Gasteiger partial charge in [0.1, 0.15) is 18.4 Å². The van der Waals surface area contributed by atoms with Gasteiger partial charge in [-0.15, -0.1) is 0 Å². The van der Waals surface area contributed by atoms with Crippen molar-refractivity contribution in [1.82, 2.24) is 4.98 Å². The van der Waals surface area contributed by atoms with Crippen LogP contribution in [0.5, 0.6) is 5.88 Å². The fraction of sp³-hybridized carbons (Fsp3) is 0.400. The number of hydrogen-bond donors (Lipinski definition) is 1. The van der Waals surface area contributed by atoms with E-state index in [9.17, 15) is 0 Å². The molecule has 0 fully saturated rings. The van der Waals surface area contributed by atoms with Crippen molar-refractivity contribution >= 4 is 0 Å². The standard InChI is InChI=1S/C10H13N3O/c1-10(2,12)7-14-9-5-3-4-8(6-11)13-9/h3-5H,7,12H2,1-2H3. The molecule has 0 amide bonds. The lowest BCUT2D eigenvalue weighted by Crippen LogP contribution is -2.38. The van der Waals surface area contributed by atoms with Crippen LogP contribution in [0.3, 0.4) is 0 Å². The van der Waals surface area contributed by atoms with Crippen molar-refractivity contribution in [1.29, 1.82) is 5.26 Å². The number of nitrogens with two attached hydrogens (primary N) is 1. The van der Waals surface area contributed by atoms with Gasteiger partial charge < -0.3 is 10.5 Å². The minimum Gasteiger partial charge on any atom is -0.476 e. The Hall–Kier alpha value is -1.60. The molecule has 0 aliphatic carbocycles. The van der Waals surface area contributed by atoms with E-state index < -0.39 is 5.54 Å². The molecule has 0 bridgehead atoms. The maximum absolute atomic E-state index is 8.60. The van der Waals surface area contributed by atoms with Crippen LogP contribution >= 0.6 is 0 Å². The van der Waals surface area contributed by atoms with Crippen LogP contribution in [0.2, 0.25) is 0 Å². The number of rotatable bonds is 3. The minimum atomic E-state index is -0.398. The highest BCUT2D eigenvalue weighted by Gasteiger charge is 2.11. The third-order valence-corrected chi connectivity index (χ3v) is 1.43. The summed E-state index contributed by atoms with van der Waals surface area (Å²) in [6, 6.07) is 7.00. The van der Waals surface area contributed by atoms with E-state index in [0.717, 1.165) is 0 Å². The van der Waals surface area contributed by atoms with E-state index in [2.05, 4.69) is 4.98 Å². The Morgan fingerprint density at radius 3 is 2.86 bits per heavy atom. The van der Waals surface area contributed by atoms with Crippen LogP contribution in [-0.2, 0) is 0 Å². The van der Waals surface area contributed by atoms with Crippen molar-refractivity contribution in [3.8, 4) is 11.9 Å². The molecule has 4 nitrogen and oxygen atoms in total. The Balaban J connectivity index is 2.65. The Bertz CT molecular complexity index is 349. The lowest BCUT2D eigenvalue weighted by Gasteiger charge is -2.18. The van der Waals surface area contributed by atoms with Crippen molar-refractivity contribution in [2.24, 2.45) is 5.73 Å². The molecule has 0 aliphatic heterocycles. The van der Waals surface area contributed by atoms with Crippen molar-refractivity contribution in [3.05, 3.63) is 23.9 Å². The summed E-state index contributed by atoms with van der Waals surface area (Å²) in [4.78, 5) is 3.96. The lowest BCUT2D eigenvalue weighted by atomic mass is 10.1. The third kappa shape index (κ3) is 3.42. The number of pyridine rings is 1. The first kappa shape index (κ1) is 10.5. The van der Waals surface area contributed by atoms with Gasteiger partial charge in [0.05, 0.1) is 0 Å². The van der Waals surface area contributed by atoms with Crippen LogP contribution in [0.15, 0.2) is 18.2 Å². The fourth-order valence-electron chi connectivity index (χ4n) is 0.817. The molecule has 14 heavy (non-hydrogen) atoms. The van der Waals surface area contributed by atoms with Gasteiger partial charge in [0, 0.05) is 11.6 Å². The van der Waals surface area contributed by atoms with E-state index in [1.807, 2.05) is 19.9 Å². The van der Waals surface area contributed by atoms with Crippen molar-refractivity contribution in [2.75, 3.05) is 6.61 Å². The molecule has 0 spiro atoms. The van der Waals surface area contributed by atoms with Gasteiger partial charge in [0.25, 0.3) is 0 Å². The number of aromatic nitrogens is 1. The largest absolute Gasteiger partial charge is 0.476 e. The molecule has 0 saturated carbocycles. The Labute approximate surface area is 83.3 Å². The molecule has 0 aromatic carbocycles. The lowest BCUT2D eigenvalue weighted by molar-refractivity contribution is 0.235. The molecule has 0 saturated heterocycles. The van der Waals surface area contributed by atoms with Gasteiger partial charge in [0.2, 0.25) is 5.88 Å². The molecule has 0 atom stereocenters. The Morgan fingerprint density at radius 1 is 1.57 bits per heavy atom. The molecule has 4 heteroatoms. The maximum Gasteiger partial charge on any atom is 0.214 e.